The van der Waals surface area contributed by atoms with E-state index >= 15 is 0 Å². The van der Waals surface area contributed by atoms with E-state index in [4.69, 9.17) is 15.1 Å². The van der Waals surface area contributed by atoms with E-state index in [1.807, 2.05) is 0 Å². The standard InChI is InChI=1S/C11H9F3O2.BH3O3/c1-7(15)9(11(12,13)14)10(16)8-5-3-2-4-6-8;2-1(3)4/h2-6,9H,1H3;2-4H. The molecule has 1 unspecified atom stereocenters. The van der Waals surface area contributed by atoms with E-state index in [-0.39, 0.29) is 5.56 Å². The molecular weight excluding hydrogens is 280 g/mol. The van der Waals surface area contributed by atoms with Crippen molar-refractivity contribution in [1.29, 1.82) is 0 Å². The van der Waals surface area contributed by atoms with Crippen molar-refractivity contribution in [1.82, 2.24) is 0 Å². The molecule has 9 heteroatoms. The molecule has 1 aromatic rings. The van der Waals surface area contributed by atoms with Crippen LogP contribution in [0.25, 0.3) is 0 Å². The van der Waals surface area contributed by atoms with Crippen molar-refractivity contribution in [3.8, 4) is 0 Å². The van der Waals surface area contributed by atoms with Crippen molar-refractivity contribution < 1.29 is 37.8 Å². The van der Waals surface area contributed by atoms with Crippen LogP contribution in [0.4, 0.5) is 13.2 Å². The summed E-state index contributed by atoms with van der Waals surface area (Å²) >= 11 is 0. The van der Waals surface area contributed by atoms with Gasteiger partial charge in [0.1, 0.15) is 5.78 Å². The van der Waals surface area contributed by atoms with E-state index in [1.54, 1.807) is 6.07 Å². The van der Waals surface area contributed by atoms with Crippen LogP contribution in [0.2, 0.25) is 0 Å². The molecule has 0 fully saturated rings. The van der Waals surface area contributed by atoms with Gasteiger partial charge < -0.3 is 15.1 Å². The maximum Gasteiger partial charge on any atom is 0.631 e. The van der Waals surface area contributed by atoms with Gasteiger partial charge in [-0.3, -0.25) is 9.59 Å². The maximum absolute atomic E-state index is 12.5. The lowest BCUT2D eigenvalue weighted by molar-refractivity contribution is -0.169. The number of carbonyl (C=O) groups is 2. The maximum atomic E-state index is 12.5. The van der Waals surface area contributed by atoms with Gasteiger partial charge in [0.2, 0.25) is 0 Å². The molecule has 0 heterocycles. The molecule has 0 radical (unpaired) electrons. The number of Topliss-reactive ketones (excluding diaryl/α,β-unsaturated/α-hetero) is 2. The number of benzene rings is 1. The van der Waals surface area contributed by atoms with Crippen molar-refractivity contribution in [3.05, 3.63) is 35.9 Å². The molecule has 0 saturated heterocycles. The Morgan fingerprint density at radius 1 is 1.10 bits per heavy atom. The van der Waals surface area contributed by atoms with E-state index in [2.05, 4.69) is 0 Å². The predicted molar refractivity (Wildman–Crippen MR) is 63.4 cm³/mol. The third-order valence-electron chi connectivity index (χ3n) is 2.05. The number of rotatable bonds is 3. The zero-order chi connectivity index (χ0) is 15.9. The van der Waals surface area contributed by atoms with Crippen molar-refractivity contribution >= 4 is 18.9 Å². The topological polar surface area (TPSA) is 94.8 Å². The minimum absolute atomic E-state index is 0.111. The highest BCUT2D eigenvalue weighted by molar-refractivity contribution is 6.30. The van der Waals surface area contributed by atoms with Crippen LogP contribution in [0, 0.1) is 5.92 Å². The number of ketones is 2. The van der Waals surface area contributed by atoms with E-state index in [9.17, 15) is 22.8 Å². The van der Waals surface area contributed by atoms with Crippen LogP contribution in [0.3, 0.4) is 0 Å². The molecule has 0 spiro atoms. The van der Waals surface area contributed by atoms with Gasteiger partial charge in [0, 0.05) is 5.56 Å². The van der Waals surface area contributed by atoms with Crippen LogP contribution in [0.1, 0.15) is 17.3 Å². The van der Waals surface area contributed by atoms with E-state index in [0.29, 0.717) is 0 Å². The monoisotopic (exact) mass is 292 g/mol. The summed E-state index contributed by atoms with van der Waals surface area (Å²) < 4.78 is 37.4. The van der Waals surface area contributed by atoms with Crippen LogP contribution in [-0.4, -0.2) is 40.1 Å². The molecule has 0 aliphatic rings. The summed E-state index contributed by atoms with van der Waals surface area (Å²) in [5, 5.41) is 21.5. The van der Waals surface area contributed by atoms with Gasteiger partial charge in [-0.05, 0) is 6.92 Å². The fourth-order valence-electron chi connectivity index (χ4n) is 1.33. The Hall–Kier alpha value is -1.71. The second-order valence-corrected chi connectivity index (χ2v) is 3.66. The molecule has 0 aliphatic heterocycles. The number of halogens is 3. The minimum atomic E-state index is -4.83. The Bertz CT molecular complexity index is 444. The SMILES string of the molecule is CC(=O)C(C(=O)c1ccccc1)C(F)(F)F.OB(O)O. The summed E-state index contributed by atoms with van der Waals surface area (Å²) in [6, 6.07) is 6.97. The number of hydrogen-bond acceptors (Lipinski definition) is 5. The fourth-order valence-corrected chi connectivity index (χ4v) is 1.33. The van der Waals surface area contributed by atoms with Crippen LogP contribution >= 0.6 is 0 Å². The van der Waals surface area contributed by atoms with Gasteiger partial charge in [0.25, 0.3) is 0 Å². The lowest BCUT2D eigenvalue weighted by Gasteiger charge is -2.16. The van der Waals surface area contributed by atoms with E-state index in [0.717, 1.165) is 6.92 Å². The molecule has 0 aromatic heterocycles. The first-order chi connectivity index (χ1) is 9.07. The normalized spacial score (nSPS) is 11.9. The number of hydrogen-bond donors (Lipinski definition) is 3. The second-order valence-electron chi connectivity index (χ2n) is 3.66. The number of alkyl halides is 3. The summed E-state index contributed by atoms with van der Waals surface area (Å²) in [5.74, 6) is -4.96. The predicted octanol–water partition coefficient (Wildman–Crippen LogP) is 0.585. The second kappa shape index (κ2) is 7.78. The Labute approximate surface area is 112 Å². The van der Waals surface area contributed by atoms with Crippen molar-refractivity contribution in [3.63, 3.8) is 0 Å². The third-order valence-corrected chi connectivity index (χ3v) is 2.05. The van der Waals surface area contributed by atoms with E-state index in [1.165, 1.54) is 24.3 Å². The van der Waals surface area contributed by atoms with Gasteiger partial charge in [0.15, 0.2) is 11.7 Å². The largest absolute Gasteiger partial charge is 0.631 e. The zero-order valence-electron chi connectivity index (χ0n) is 10.3. The summed E-state index contributed by atoms with van der Waals surface area (Å²) in [6.45, 7) is 0.763. The van der Waals surface area contributed by atoms with Crippen molar-refractivity contribution in [2.45, 2.75) is 13.1 Å². The summed E-state index contributed by atoms with van der Waals surface area (Å²) in [4.78, 5) is 22.4. The first-order valence-corrected chi connectivity index (χ1v) is 5.28. The van der Waals surface area contributed by atoms with Gasteiger partial charge in [-0.25, -0.2) is 0 Å². The Morgan fingerprint density at radius 3 is 1.80 bits per heavy atom. The smallest absolute Gasteiger partial charge is 0.402 e. The molecule has 0 saturated carbocycles. The molecular formula is C11H12BF3O5. The molecule has 110 valence electrons. The van der Waals surface area contributed by atoms with Crippen LogP contribution in [0.5, 0.6) is 0 Å². The highest BCUT2D eigenvalue weighted by atomic mass is 19.4. The average molecular weight is 292 g/mol. The average Bonchev–Trinajstić information content (AvgIpc) is 2.26. The quantitative estimate of drug-likeness (QED) is 0.430. The van der Waals surface area contributed by atoms with E-state index < -0.39 is 31.0 Å². The van der Waals surface area contributed by atoms with Gasteiger partial charge >= 0.3 is 13.5 Å². The number of carbonyl (C=O) groups excluding carboxylic acids is 2. The minimum Gasteiger partial charge on any atom is -0.402 e. The van der Waals surface area contributed by atoms with Gasteiger partial charge in [0.05, 0.1) is 0 Å². The third kappa shape index (κ3) is 6.46. The zero-order valence-corrected chi connectivity index (χ0v) is 10.3. The molecule has 1 atom stereocenters. The fraction of sp³-hybridized carbons (Fsp3) is 0.273. The lowest BCUT2D eigenvalue weighted by atomic mass is 9.94. The molecule has 20 heavy (non-hydrogen) atoms. The first-order valence-electron chi connectivity index (χ1n) is 5.28. The Balaban J connectivity index is 0.000000796. The molecule has 0 aliphatic carbocycles. The molecule has 0 bridgehead atoms. The Kier molecular flexibility index (Phi) is 7.12. The first kappa shape index (κ1) is 18.3. The van der Waals surface area contributed by atoms with Crippen LogP contribution in [0.15, 0.2) is 30.3 Å². The van der Waals surface area contributed by atoms with Crippen LogP contribution < -0.4 is 0 Å². The summed E-state index contributed by atoms with van der Waals surface area (Å²) in [5.41, 5.74) is -0.111. The molecule has 1 rings (SSSR count). The van der Waals surface area contributed by atoms with Gasteiger partial charge in [-0.2, -0.15) is 13.2 Å². The van der Waals surface area contributed by atoms with Crippen LogP contribution in [-0.2, 0) is 4.79 Å². The van der Waals surface area contributed by atoms with Gasteiger partial charge in [-0.1, -0.05) is 30.3 Å². The summed E-state index contributed by atoms with van der Waals surface area (Å²) in [6.07, 6.45) is -4.83. The molecule has 0 amide bonds. The van der Waals surface area contributed by atoms with Crippen molar-refractivity contribution in [2.24, 2.45) is 5.92 Å². The van der Waals surface area contributed by atoms with Crippen molar-refractivity contribution in [2.75, 3.05) is 0 Å². The highest BCUT2D eigenvalue weighted by Crippen LogP contribution is 2.29. The Morgan fingerprint density at radius 2 is 1.50 bits per heavy atom. The summed E-state index contributed by atoms with van der Waals surface area (Å²) in [7, 11) is -2.17. The highest BCUT2D eigenvalue weighted by Gasteiger charge is 2.48. The molecule has 3 N–H and O–H groups in total. The molecule has 5 nitrogen and oxygen atoms in total. The molecule has 1 aromatic carbocycles. The lowest BCUT2D eigenvalue weighted by Crippen LogP contribution is -2.36. The van der Waals surface area contributed by atoms with Gasteiger partial charge in [-0.15, -0.1) is 0 Å².